The van der Waals surface area contributed by atoms with Gasteiger partial charge in [0.1, 0.15) is 0 Å². The van der Waals surface area contributed by atoms with E-state index in [0.29, 0.717) is 27.2 Å². The van der Waals surface area contributed by atoms with Crippen LogP contribution in [0.1, 0.15) is 20.3 Å². The van der Waals surface area contributed by atoms with E-state index in [0.717, 1.165) is 0 Å². The minimum absolute atomic E-state index is 0.319. The van der Waals surface area contributed by atoms with Crippen molar-refractivity contribution in [2.75, 3.05) is 5.32 Å². The van der Waals surface area contributed by atoms with Crippen molar-refractivity contribution in [1.82, 2.24) is 0 Å². The summed E-state index contributed by atoms with van der Waals surface area (Å²) in [6.07, 6.45) is 0.512. The standard InChI is InChI=1S/C11H13Cl3N2O/c1-3-11(2,15)10(17)16-9-5-7(13)6(12)4-8(9)14/h4-5H,3,15H2,1-2H3,(H,16,17). The lowest BCUT2D eigenvalue weighted by Crippen LogP contribution is -2.47. The molecule has 3 N–H and O–H groups in total. The summed E-state index contributed by atoms with van der Waals surface area (Å²) in [7, 11) is 0. The summed E-state index contributed by atoms with van der Waals surface area (Å²) in [5, 5.41) is 3.60. The van der Waals surface area contributed by atoms with Gasteiger partial charge in [-0.05, 0) is 25.5 Å². The van der Waals surface area contributed by atoms with Gasteiger partial charge >= 0.3 is 0 Å². The Morgan fingerprint density at radius 3 is 2.35 bits per heavy atom. The first-order valence-corrected chi connectivity index (χ1v) is 6.16. The molecule has 6 heteroatoms. The van der Waals surface area contributed by atoms with Crippen molar-refractivity contribution in [3.05, 3.63) is 27.2 Å². The van der Waals surface area contributed by atoms with Crippen LogP contribution in [-0.2, 0) is 4.79 Å². The van der Waals surface area contributed by atoms with E-state index in [1.165, 1.54) is 12.1 Å². The van der Waals surface area contributed by atoms with Gasteiger partial charge in [0.05, 0.1) is 26.3 Å². The zero-order valence-electron chi connectivity index (χ0n) is 9.48. The van der Waals surface area contributed by atoms with Gasteiger partial charge in [-0.25, -0.2) is 0 Å². The van der Waals surface area contributed by atoms with Crippen LogP contribution >= 0.6 is 34.8 Å². The second-order valence-corrected chi connectivity index (χ2v) is 5.19. The Labute approximate surface area is 115 Å². The zero-order chi connectivity index (χ0) is 13.2. The molecular formula is C11H13Cl3N2O. The Bertz CT molecular complexity index is 447. The molecule has 0 fully saturated rings. The van der Waals surface area contributed by atoms with Gasteiger partial charge in [0.15, 0.2) is 0 Å². The lowest BCUT2D eigenvalue weighted by Gasteiger charge is -2.22. The van der Waals surface area contributed by atoms with Crippen molar-refractivity contribution in [2.45, 2.75) is 25.8 Å². The first kappa shape index (κ1) is 14.6. The molecule has 17 heavy (non-hydrogen) atoms. The molecule has 0 aliphatic heterocycles. The monoisotopic (exact) mass is 294 g/mol. The number of nitrogens with one attached hydrogen (secondary N) is 1. The fourth-order valence-corrected chi connectivity index (χ4v) is 1.64. The summed E-state index contributed by atoms with van der Waals surface area (Å²) >= 11 is 17.6. The van der Waals surface area contributed by atoms with Gasteiger partial charge < -0.3 is 11.1 Å². The van der Waals surface area contributed by atoms with Gasteiger partial charge in [0.25, 0.3) is 0 Å². The summed E-state index contributed by atoms with van der Waals surface area (Å²) in [6.45, 7) is 3.48. The van der Waals surface area contributed by atoms with E-state index >= 15 is 0 Å². The second kappa shape index (κ2) is 5.44. The third-order valence-electron chi connectivity index (χ3n) is 2.51. The Morgan fingerprint density at radius 1 is 1.29 bits per heavy atom. The van der Waals surface area contributed by atoms with Crippen LogP contribution in [0.15, 0.2) is 12.1 Å². The van der Waals surface area contributed by atoms with Crippen LogP contribution in [0.4, 0.5) is 5.69 Å². The van der Waals surface area contributed by atoms with E-state index in [1.807, 2.05) is 6.92 Å². The van der Waals surface area contributed by atoms with Gasteiger partial charge in [-0.1, -0.05) is 41.7 Å². The van der Waals surface area contributed by atoms with Crippen molar-refractivity contribution in [3.63, 3.8) is 0 Å². The molecule has 1 unspecified atom stereocenters. The number of nitrogens with two attached hydrogens (primary N) is 1. The van der Waals surface area contributed by atoms with Crippen LogP contribution in [0, 0.1) is 0 Å². The molecule has 0 aromatic heterocycles. The Kier molecular flexibility index (Phi) is 4.67. The Balaban J connectivity index is 2.97. The maximum absolute atomic E-state index is 11.8. The number of anilines is 1. The molecule has 0 spiro atoms. The highest BCUT2D eigenvalue weighted by Crippen LogP contribution is 2.32. The second-order valence-electron chi connectivity index (χ2n) is 3.97. The molecule has 1 atom stereocenters. The summed E-state index contributed by atoms with van der Waals surface area (Å²) in [4.78, 5) is 11.8. The van der Waals surface area contributed by atoms with Crippen molar-refractivity contribution in [2.24, 2.45) is 5.73 Å². The van der Waals surface area contributed by atoms with Crippen LogP contribution in [-0.4, -0.2) is 11.4 Å². The molecule has 1 aromatic carbocycles. The number of hydrogen-bond donors (Lipinski definition) is 2. The topological polar surface area (TPSA) is 55.1 Å². The quantitative estimate of drug-likeness (QED) is 0.835. The van der Waals surface area contributed by atoms with E-state index < -0.39 is 5.54 Å². The molecule has 0 radical (unpaired) electrons. The van der Waals surface area contributed by atoms with Gasteiger partial charge in [0.2, 0.25) is 5.91 Å². The molecule has 1 rings (SSSR count). The highest BCUT2D eigenvalue weighted by molar-refractivity contribution is 6.44. The van der Waals surface area contributed by atoms with E-state index in [9.17, 15) is 4.79 Å². The smallest absolute Gasteiger partial charge is 0.244 e. The number of benzene rings is 1. The normalized spacial score (nSPS) is 14.2. The first-order valence-electron chi connectivity index (χ1n) is 5.03. The molecule has 1 amide bonds. The van der Waals surface area contributed by atoms with Gasteiger partial charge in [-0.15, -0.1) is 0 Å². The molecule has 0 bridgehead atoms. The molecule has 1 aromatic rings. The van der Waals surface area contributed by atoms with Crippen LogP contribution in [0.2, 0.25) is 15.1 Å². The van der Waals surface area contributed by atoms with Crippen molar-refractivity contribution < 1.29 is 4.79 Å². The molecule has 0 aliphatic rings. The average Bonchev–Trinajstić information content (AvgIpc) is 2.25. The minimum atomic E-state index is -0.949. The molecule has 94 valence electrons. The molecule has 0 heterocycles. The summed E-state index contributed by atoms with van der Waals surface area (Å²) < 4.78 is 0. The van der Waals surface area contributed by atoms with Crippen molar-refractivity contribution in [3.8, 4) is 0 Å². The number of amides is 1. The van der Waals surface area contributed by atoms with E-state index in [2.05, 4.69) is 5.32 Å². The molecule has 0 saturated carbocycles. The predicted molar refractivity (Wildman–Crippen MR) is 73.0 cm³/mol. The molecule has 0 saturated heterocycles. The average molecular weight is 296 g/mol. The van der Waals surface area contributed by atoms with Crippen molar-refractivity contribution >= 4 is 46.4 Å². The number of carbonyl (C=O) groups is 1. The Morgan fingerprint density at radius 2 is 1.82 bits per heavy atom. The third kappa shape index (κ3) is 3.49. The van der Waals surface area contributed by atoms with E-state index in [-0.39, 0.29) is 5.91 Å². The fraction of sp³-hybridized carbons (Fsp3) is 0.364. The highest BCUT2D eigenvalue weighted by atomic mass is 35.5. The van der Waals surface area contributed by atoms with Gasteiger partial charge in [-0.2, -0.15) is 0 Å². The maximum Gasteiger partial charge on any atom is 0.244 e. The predicted octanol–water partition coefficient (Wildman–Crippen LogP) is 3.71. The van der Waals surface area contributed by atoms with Crippen molar-refractivity contribution in [1.29, 1.82) is 0 Å². The Hall–Kier alpha value is -0.480. The SMILES string of the molecule is CCC(C)(N)C(=O)Nc1cc(Cl)c(Cl)cc1Cl. The minimum Gasteiger partial charge on any atom is -0.323 e. The fourth-order valence-electron chi connectivity index (χ4n) is 1.04. The highest BCUT2D eigenvalue weighted by Gasteiger charge is 2.26. The van der Waals surface area contributed by atoms with E-state index in [1.54, 1.807) is 6.92 Å². The van der Waals surface area contributed by atoms with Gasteiger partial charge in [-0.3, -0.25) is 4.79 Å². The third-order valence-corrected chi connectivity index (χ3v) is 3.55. The molecule has 0 aliphatic carbocycles. The lowest BCUT2D eigenvalue weighted by atomic mass is 9.99. The summed E-state index contributed by atoms with van der Waals surface area (Å²) in [6, 6.07) is 2.97. The number of rotatable bonds is 3. The van der Waals surface area contributed by atoms with Crippen LogP contribution in [0.5, 0.6) is 0 Å². The lowest BCUT2D eigenvalue weighted by molar-refractivity contribution is -0.120. The number of halogens is 3. The zero-order valence-corrected chi connectivity index (χ0v) is 11.7. The summed E-state index contributed by atoms with van der Waals surface area (Å²) in [5.41, 5.74) is 5.26. The van der Waals surface area contributed by atoms with Crippen LogP contribution in [0.3, 0.4) is 0 Å². The largest absolute Gasteiger partial charge is 0.323 e. The maximum atomic E-state index is 11.8. The molecule has 3 nitrogen and oxygen atoms in total. The van der Waals surface area contributed by atoms with Crippen LogP contribution in [0.25, 0.3) is 0 Å². The summed E-state index contributed by atoms with van der Waals surface area (Å²) in [5.74, 6) is -0.319. The number of carbonyl (C=O) groups excluding carboxylic acids is 1. The molecular weight excluding hydrogens is 282 g/mol. The first-order chi connectivity index (χ1) is 7.77. The van der Waals surface area contributed by atoms with Crippen LogP contribution < -0.4 is 11.1 Å². The number of hydrogen-bond acceptors (Lipinski definition) is 2. The van der Waals surface area contributed by atoms with E-state index in [4.69, 9.17) is 40.5 Å². The van der Waals surface area contributed by atoms with Gasteiger partial charge in [0, 0.05) is 0 Å².